The van der Waals surface area contributed by atoms with Gasteiger partial charge in [-0.05, 0) is 18.9 Å². The number of amides is 1. The predicted molar refractivity (Wildman–Crippen MR) is 140 cm³/mol. The summed E-state index contributed by atoms with van der Waals surface area (Å²) in [6.07, 6.45) is 20.3. The third-order valence-electron chi connectivity index (χ3n) is 6.85. The van der Waals surface area contributed by atoms with Gasteiger partial charge in [0.25, 0.3) is 0 Å². The highest BCUT2D eigenvalue weighted by molar-refractivity contribution is 5.87. The van der Waals surface area contributed by atoms with E-state index in [9.17, 15) is 20.1 Å². The molecule has 1 saturated heterocycles. The van der Waals surface area contributed by atoms with Crippen LogP contribution < -0.4 is 5.32 Å². The van der Waals surface area contributed by atoms with E-state index in [0.29, 0.717) is 6.90 Å². The van der Waals surface area contributed by atoms with E-state index < -0.39 is 43.2 Å². The summed E-state index contributed by atoms with van der Waals surface area (Å²) in [5.41, 5.74) is 0. The lowest BCUT2D eigenvalue weighted by Crippen LogP contribution is -2.64. The molecule has 206 valence electrons. The second-order valence-corrected chi connectivity index (χ2v) is 9.96. The molecular formula is C28H53NO6. The molecule has 0 radical (unpaired) electrons. The molecule has 1 fully saturated rings. The second-order valence-electron chi connectivity index (χ2n) is 9.96. The van der Waals surface area contributed by atoms with Crippen LogP contribution in [-0.2, 0) is 9.53 Å². The van der Waals surface area contributed by atoms with Gasteiger partial charge in [-0.3, -0.25) is 4.79 Å². The molecule has 0 spiro atoms. The molecule has 0 aliphatic carbocycles. The van der Waals surface area contributed by atoms with Crippen LogP contribution in [0.5, 0.6) is 0 Å². The van der Waals surface area contributed by atoms with Crippen LogP contribution >= 0.6 is 0 Å². The summed E-state index contributed by atoms with van der Waals surface area (Å²) in [5, 5.41) is 41.4. The Bertz CT molecular complexity index is 564. The smallest absolute Gasteiger partial charge is 0.244 e. The van der Waals surface area contributed by atoms with Crippen molar-refractivity contribution in [2.24, 2.45) is 0 Å². The maximum absolute atomic E-state index is 12.0. The van der Waals surface area contributed by atoms with E-state index in [1.807, 2.05) is 0 Å². The van der Waals surface area contributed by atoms with Crippen molar-refractivity contribution in [2.45, 2.75) is 153 Å². The Morgan fingerprint density at radius 1 is 0.800 bits per heavy atom. The van der Waals surface area contributed by atoms with Crippen LogP contribution in [0.3, 0.4) is 0 Å². The number of nitrogens with one attached hydrogen (secondary N) is 1. The monoisotopic (exact) mass is 500 g/mol. The number of allylic oxidation sites excluding steroid dienone is 1. The van der Waals surface area contributed by atoms with E-state index in [4.69, 9.17) is 11.2 Å². The average Bonchev–Trinajstić information content (AvgIpc) is 2.87. The van der Waals surface area contributed by atoms with Crippen LogP contribution in [0.4, 0.5) is 0 Å². The molecule has 7 heteroatoms. The van der Waals surface area contributed by atoms with Crippen molar-refractivity contribution in [1.82, 2.24) is 5.32 Å². The summed E-state index contributed by atoms with van der Waals surface area (Å²) in [6.45, 7) is 0.0474. The van der Waals surface area contributed by atoms with Crippen molar-refractivity contribution in [3.63, 3.8) is 0 Å². The van der Waals surface area contributed by atoms with E-state index in [1.165, 1.54) is 96.0 Å². The Kier molecular flexibility index (Phi) is 18.3. The number of aliphatic hydroxyl groups excluding tert-OH is 4. The summed E-state index contributed by atoms with van der Waals surface area (Å²) >= 11 is 0. The first-order valence-corrected chi connectivity index (χ1v) is 14.1. The summed E-state index contributed by atoms with van der Waals surface area (Å²) < 4.78 is 12.2. The molecule has 0 aromatic rings. The van der Waals surface area contributed by atoms with Crippen molar-refractivity contribution in [3.8, 4) is 0 Å². The highest BCUT2D eigenvalue weighted by Gasteiger charge is 2.44. The van der Waals surface area contributed by atoms with Gasteiger partial charge in [-0.15, -0.1) is 0 Å². The zero-order valence-corrected chi connectivity index (χ0v) is 21.8. The maximum atomic E-state index is 12.0. The van der Waals surface area contributed by atoms with Gasteiger partial charge in [0.05, 0.1) is 6.61 Å². The molecule has 1 rings (SSSR count). The molecule has 1 aliphatic heterocycles. The molecule has 35 heavy (non-hydrogen) atoms. The van der Waals surface area contributed by atoms with Gasteiger partial charge in [-0.1, -0.05) is 116 Å². The first-order chi connectivity index (χ1) is 17.5. The van der Waals surface area contributed by atoms with Gasteiger partial charge in [0.1, 0.15) is 24.4 Å². The first kappa shape index (κ1) is 30.2. The van der Waals surface area contributed by atoms with E-state index in [2.05, 4.69) is 5.32 Å². The first-order valence-electron chi connectivity index (χ1n) is 14.8. The van der Waals surface area contributed by atoms with Crippen molar-refractivity contribution >= 4 is 5.91 Å². The molecule has 0 aromatic carbocycles. The van der Waals surface area contributed by atoms with Crippen LogP contribution in [-0.4, -0.2) is 63.6 Å². The number of unbranched alkanes of at least 4 members (excludes halogenated alkanes) is 17. The molecule has 7 nitrogen and oxygen atoms in total. The number of hydrogen-bond donors (Lipinski definition) is 5. The lowest BCUT2D eigenvalue weighted by Gasteiger charge is -2.40. The largest absolute Gasteiger partial charge is 0.394 e. The molecule has 0 aromatic heterocycles. The Balaban J connectivity index is 1.90. The Morgan fingerprint density at radius 2 is 1.29 bits per heavy atom. The molecule has 1 heterocycles. The maximum Gasteiger partial charge on any atom is 0.244 e. The normalized spacial score (nSPS) is 25.1. The van der Waals surface area contributed by atoms with Crippen molar-refractivity contribution in [1.29, 1.82) is 0 Å². The number of aliphatic hydroxyl groups is 4. The molecule has 5 N–H and O–H groups in total. The summed E-state index contributed by atoms with van der Waals surface area (Å²) in [7, 11) is 0. The minimum absolute atomic E-state index is 0.465. The molecule has 5 atom stereocenters. The van der Waals surface area contributed by atoms with Crippen LogP contribution in [0.2, 0.25) is 0 Å². The van der Waals surface area contributed by atoms with Crippen molar-refractivity contribution in [3.05, 3.63) is 12.2 Å². The zero-order valence-electron chi connectivity index (χ0n) is 22.8. The van der Waals surface area contributed by atoms with Gasteiger partial charge in [0.15, 0.2) is 6.29 Å². The summed E-state index contributed by atoms with van der Waals surface area (Å²) in [4.78, 5) is 12.0. The van der Waals surface area contributed by atoms with E-state index in [1.54, 1.807) is 6.08 Å². The second kappa shape index (κ2) is 21.1. The number of hydrogen-bond acceptors (Lipinski definition) is 6. The minimum atomic E-state index is -1.50. The molecule has 0 saturated carbocycles. The Hall–Kier alpha value is -0.990. The predicted octanol–water partition coefficient (Wildman–Crippen LogP) is 4.50. The van der Waals surface area contributed by atoms with Crippen LogP contribution in [0.15, 0.2) is 12.2 Å². The van der Waals surface area contributed by atoms with Gasteiger partial charge in [-0.2, -0.15) is 0 Å². The van der Waals surface area contributed by atoms with Gasteiger partial charge >= 0.3 is 0 Å². The molecule has 1 unspecified atom stereocenters. The van der Waals surface area contributed by atoms with Gasteiger partial charge in [0.2, 0.25) is 5.91 Å². The molecular weight excluding hydrogens is 446 g/mol. The number of carbonyl (C=O) groups excluding carboxylic acids is 1. The Labute approximate surface area is 214 Å². The van der Waals surface area contributed by atoms with Crippen molar-refractivity contribution < 1.29 is 31.3 Å². The molecule has 0 bridgehead atoms. The van der Waals surface area contributed by atoms with Crippen LogP contribution in [0.25, 0.3) is 0 Å². The summed E-state index contributed by atoms with van der Waals surface area (Å²) in [6, 6.07) is -1.15. The topological polar surface area (TPSA) is 119 Å². The standard InChI is InChI=1S/C28H53NO6/c1-2-3-4-5-6-7-8-9-10-11-12-13-14-15-16-17-18-19-20-21-24(31)29-25-27(33)26(32)23(22-30)35-28(25)34/h20-21,23,25-28,30,32-34H,2-19,22H2,1H3,(H,29,31)/t23-,25-,26-,27-,28?/m1/s1/i1D. The van der Waals surface area contributed by atoms with Crippen LogP contribution in [0.1, 0.15) is 124 Å². The number of carbonyl (C=O) groups is 1. The average molecular weight is 501 g/mol. The van der Waals surface area contributed by atoms with Gasteiger partial charge in [-0.25, -0.2) is 0 Å². The number of ether oxygens (including phenoxy) is 1. The van der Waals surface area contributed by atoms with Gasteiger partial charge in [0, 0.05) is 1.37 Å². The lowest BCUT2D eigenvalue weighted by atomic mass is 9.97. The fourth-order valence-corrected chi connectivity index (χ4v) is 4.57. The Morgan fingerprint density at radius 3 is 1.77 bits per heavy atom. The lowest BCUT2D eigenvalue weighted by molar-refractivity contribution is -0.253. The van der Waals surface area contributed by atoms with Gasteiger partial charge < -0.3 is 30.5 Å². The number of rotatable bonds is 21. The minimum Gasteiger partial charge on any atom is -0.394 e. The highest BCUT2D eigenvalue weighted by Crippen LogP contribution is 2.20. The van der Waals surface area contributed by atoms with E-state index in [-0.39, 0.29) is 0 Å². The molecule has 1 aliphatic rings. The molecule has 1 amide bonds. The fourth-order valence-electron chi connectivity index (χ4n) is 4.57. The van der Waals surface area contributed by atoms with E-state index in [0.717, 1.165) is 25.7 Å². The highest BCUT2D eigenvalue weighted by atomic mass is 16.6. The van der Waals surface area contributed by atoms with Crippen LogP contribution in [0, 0.1) is 0 Å². The van der Waals surface area contributed by atoms with E-state index >= 15 is 0 Å². The third kappa shape index (κ3) is 15.0. The zero-order chi connectivity index (χ0) is 26.4. The SMILES string of the molecule is [2H]CCCCCCCCCCCCCCCCCCCC=CC(=O)N[C@H]1C(O)O[C@H](CO)[C@@H](O)[C@@H]1O. The third-order valence-corrected chi connectivity index (χ3v) is 6.85. The van der Waals surface area contributed by atoms with Crippen molar-refractivity contribution in [2.75, 3.05) is 6.61 Å². The quantitative estimate of drug-likeness (QED) is 0.117. The summed E-state index contributed by atoms with van der Waals surface area (Å²) in [5.74, 6) is -0.465. The fraction of sp³-hybridized carbons (Fsp3) is 0.893.